The van der Waals surface area contributed by atoms with Gasteiger partial charge in [0.1, 0.15) is 48.3 Å². The molecule has 77 heavy (non-hydrogen) atoms. The number of methoxy groups -OCH3 is 1. The number of carbonyl (C=O) groups is 14. The second kappa shape index (κ2) is 33.3. The quantitative estimate of drug-likeness (QED) is 0.0211. The van der Waals surface area contributed by atoms with Crippen molar-refractivity contribution in [3.05, 3.63) is 12.2 Å². The van der Waals surface area contributed by atoms with Crippen LogP contribution in [0.3, 0.4) is 0 Å². The van der Waals surface area contributed by atoms with Gasteiger partial charge in [0.05, 0.1) is 26.2 Å². The van der Waals surface area contributed by atoms with E-state index < -0.39 is 188 Å². The number of likely N-dealkylation sites (tertiary alicyclic amines) is 1. The summed E-state index contributed by atoms with van der Waals surface area (Å²) in [6.07, 6.45) is -2.37. The molecule has 0 aromatic carbocycles. The van der Waals surface area contributed by atoms with Gasteiger partial charge in [-0.15, -0.1) is 0 Å². The van der Waals surface area contributed by atoms with Crippen molar-refractivity contribution in [2.24, 2.45) is 23.3 Å². The normalized spacial score (nSPS) is 16.7. The largest absolute Gasteiger partial charge is 0.481 e. The number of hydrogen-bond acceptors (Lipinski definition) is 17. The minimum absolute atomic E-state index is 0.0312. The molecule has 1 fully saturated rings. The molecule has 0 saturated carbocycles. The van der Waals surface area contributed by atoms with Gasteiger partial charge in [-0.3, -0.25) is 57.5 Å². The molecule has 10 atom stereocenters. The number of nitrogens with two attached hydrogens (primary N) is 2. The lowest BCUT2D eigenvalue weighted by Crippen LogP contribution is -2.61. The van der Waals surface area contributed by atoms with E-state index in [0.29, 0.717) is 0 Å². The van der Waals surface area contributed by atoms with Crippen LogP contribution in [0.25, 0.3) is 0 Å². The van der Waals surface area contributed by atoms with E-state index in [1.165, 1.54) is 19.9 Å². The highest BCUT2D eigenvalue weighted by atomic mass is 16.5. The lowest BCUT2D eigenvalue weighted by molar-refractivity contribution is -0.146. The maximum absolute atomic E-state index is 14.0. The summed E-state index contributed by atoms with van der Waals surface area (Å²) in [6, 6.07) is -14.2. The molecule has 1 rings (SSSR count). The number of carboxylic acids is 2. The van der Waals surface area contributed by atoms with Crippen molar-refractivity contribution in [3.8, 4) is 0 Å². The topological polar surface area (TPSA) is 481 Å². The van der Waals surface area contributed by atoms with E-state index in [4.69, 9.17) is 11.5 Å². The van der Waals surface area contributed by atoms with Gasteiger partial charge in [0.25, 0.3) is 0 Å². The fraction of sp³-hybridized carbons (Fsp3) is 0.660. The molecule has 1 aliphatic heterocycles. The van der Waals surface area contributed by atoms with Crippen molar-refractivity contribution >= 4 is 82.9 Å². The number of carboxylic acid groups (broad SMARTS) is 2. The smallest absolute Gasteiger partial charge is 0.330 e. The molecule has 1 heterocycles. The van der Waals surface area contributed by atoms with E-state index in [1.54, 1.807) is 13.8 Å². The molecule has 1 saturated heterocycles. The number of carbonyl (C=O) groups excluding carboxylic acids is 12. The van der Waals surface area contributed by atoms with Crippen LogP contribution in [0.15, 0.2) is 12.2 Å². The summed E-state index contributed by atoms with van der Waals surface area (Å²) in [4.78, 5) is 181. The highest BCUT2D eigenvalue weighted by molar-refractivity contribution is 5.99. The van der Waals surface area contributed by atoms with Crippen LogP contribution in [0, 0.1) is 11.8 Å². The van der Waals surface area contributed by atoms with Gasteiger partial charge in [-0.2, -0.15) is 0 Å². The van der Waals surface area contributed by atoms with Crippen LogP contribution < -0.4 is 54.0 Å². The molecule has 0 spiro atoms. The number of ether oxygens (including phenoxy) is 1. The lowest BCUT2D eigenvalue weighted by atomic mass is 10.0. The Labute approximate surface area is 443 Å². The highest BCUT2D eigenvalue weighted by Crippen LogP contribution is 2.20. The predicted octanol–water partition coefficient (Wildman–Crippen LogP) is -5.45. The average molecular weight is 1100 g/mol. The molecular formula is C47H75N11O19. The minimum Gasteiger partial charge on any atom is -0.481 e. The number of hydrogen-bond donors (Lipinski definition) is 14. The summed E-state index contributed by atoms with van der Waals surface area (Å²) < 4.78 is 4.53. The number of esters is 1. The molecule has 0 radical (unpaired) electrons. The van der Waals surface area contributed by atoms with Gasteiger partial charge in [-0.1, -0.05) is 33.8 Å². The number of aliphatic hydroxyl groups is 2. The first kappa shape index (κ1) is 67.3. The second-order valence-electron chi connectivity index (χ2n) is 19.0. The lowest BCUT2D eigenvalue weighted by Gasteiger charge is -2.31. The summed E-state index contributed by atoms with van der Waals surface area (Å²) >= 11 is 0. The molecule has 30 nitrogen and oxygen atoms in total. The Morgan fingerprint density at radius 2 is 1.14 bits per heavy atom. The van der Waals surface area contributed by atoms with Crippen LogP contribution in [0.4, 0.5) is 0 Å². The predicted molar refractivity (Wildman–Crippen MR) is 266 cm³/mol. The van der Waals surface area contributed by atoms with E-state index in [2.05, 4.69) is 47.3 Å². The summed E-state index contributed by atoms with van der Waals surface area (Å²) in [6.45, 7) is 7.56. The molecule has 11 amide bonds. The van der Waals surface area contributed by atoms with Gasteiger partial charge >= 0.3 is 17.9 Å². The Morgan fingerprint density at radius 1 is 0.636 bits per heavy atom. The molecule has 432 valence electrons. The first-order valence-electron chi connectivity index (χ1n) is 24.7. The van der Waals surface area contributed by atoms with Crippen LogP contribution >= 0.6 is 0 Å². The number of aliphatic carboxylic acids is 2. The van der Waals surface area contributed by atoms with E-state index in [0.717, 1.165) is 31.9 Å². The van der Waals surface area contributed by atoms with E-state index >= 15 is 0 Å². The third-order valence-corrected chi connectivity index (χ3v) is 11.7. The van der Waals surface area contributed by atoms with Gasteiger partial charge < -0.3 is 84.1 Å². The summed E-state index contributed by atoms with van der Waals surface area (Å²) in [7, 11) is 1.10. The van der Waals surface area contributed by atoms with Crippen molar-refractivity contribution in [2.45, 2.75) is 166 Å². The number of rotatable bonds is 34. The molecule has 16 N–H and O–H groups in total. The Balaban J connectivity index is 3.46. The zero-order valence-corrected chi connectivity index (χ0v) is 44.1. The molecule has 0 aromatic heterocycles. The third-order valence-electron chi connectivity index (χ3n) is 11.7. The second-order valence-corrected chi connectivity index (χ2v) is 19.0. The van der Waals surface area contributed by atoms with Crippen molar-refractivity contribution in [1.82, 2.24) is 47.4 Å². The number of allylic oxidation sites excluding steroid dienone is 1. The monoisotopic (exact) mass is 1100 g/mol. The van der Waals surface area contributed by atoms with Gasteiger partial charge in [0, 0.05) is 32.4 Å². The first-order valence-corrected chi connectivity index (χ1v) is 24.7. The Morgan fingerprint density at radius 3 is 1.61 bits per heavy atom. The van der Waals surface area contributed by atoms with Crippen molar-refractivity contribution in [3.63, 3.8) is 0 Å². The average Bonchev–Trinajstić information content (AvgIpc) is 3.83. The highest BCUT2D eigenvalue weighted by Gasteiger charge is 2.41. The maximum Gasteiger partial charge on any atom is 0.330 e. The van der Waals surface area contributed by atoms with Crippen molar-refractivity contribution < 1.29 is 92.3 Å². The fourth-order valence-corrected chi connectivity index (χ4v) is 7.70. The molecule has 0 aliphatic carbocycles. The number of nitrogens with one attached hydrogen (secondary N) is 8. The van der Waals surface area contributed by atoms with E-state index in [9.17, 15) is 87.5 Å². The van der Waals surface area contributed by atoms with Gasteiger partial charge in [-0.25, -0.2) is 9.59 Å². The molecular weight excluding hydrogens is 1020 g/mol. The van der Waals surface area contributed by atoms with E-state index in [1.807, 2.05) is 0 Å². The minimum atomic E-state index is -1.79. The van der Waals surface area contributed by atoms with Crippen molar-refractivity contribution in [1.29, 1.82) is 0 Å². The fourth-order valence-electron chi connectivity index (χ4n) is 7.70. The Bertz CT molecular complexity index is 2170. The summed E-state index contributed by atoms with van der Waals surface area (Å²) in [5.74, 6) is -15.6. The summed E-state index contributed by atoms with van der Waals surface area (Å²) in [5, 5.41) is 57.9. The number of primary amides is 2. The molecule has 30 heteroatoms. The van der Waals surface area contributed by atoms with Crippen LogP contribution in [0.2, 0.25) is 0 Å². The molecule has 0 bridgehead atoms. The molecule has 1 aliphatic rings. The molecule has 0 aromatic rings. The molecule has 9 unspecified atom stereocenters. The van der Waals surface area contributed by atoms with Gasteiger partial charge in [0.2, 0.25) is 65.0 Å². The van der Waals surface area contributed by atoms with Crippen LogP contribution in [0.1, 0.15) is 106 Å². The maximum atomic E-state index is 14.0. The number of amides is 11. The van der Waals surface area contributed by atoms with Crippen LogP contribution in [-0.4, -0.2) is 189 Å². The summed E-state index contributed by atoms with van der Waals surface area (Å²) in [5.41, 5.74) is 10.6. The zero-order valence-electron chi connectivity index (χ0n) is 44.1. The van der Waals surface area contributed by atoms with Gasteiger partial charge in [0.15, 0.2) is 6.04 Å². The van der Waals surface area contributed by atoms with Gasteiger partial charge in [-0.05, 0) is 63.7 Å². The Hall–Kier alpha value is -7.76. The number of aliphatic hydroxyl groups excluding tert-OH is 2. The van der Waals surface area contributed by atoms with Crippen LogP contribution in [0.5, 0.6) is 0 Å². The van der Waals surface area contributed by atoms with E-state index in [-0.39, 0.29) is 44.6 Å². The van der Waals surface area contributed by atoms with Crippen LogP contribution in [-0.2, 0) is 71.9 Å². The number of nitrogens with zero attached hydrogens (tertiary/aromatic N) is 1. The Kier molecular flexibility index (Phi) is 29.1. The SMILES string of the molecule is COC(=O)/C=C/CCC(NC(=O)C(CC(N)=O)NC(C)=O)C(=O)NC(CCC(=O)O)C(=O)NC(CCC(N)=O)C(=O)NC(C(=O)NC(CO)C(=O)N1CCC[C@H]1C(=O)NC(CC(C)C)C(=O)NC(C(=O)O)C(C)O)C(C)C. The van der Waals surface area contributed by atoms with Crippen molar-refractivity contribution in [2.75, 3.05) is 20.3 Å². The zero-order chi connectivity index (χ0) is 58.9. The third kappa shape index (κ3) is 24.2. The standard InChI is InChI=1S/C47H75N11O19/c1-22(2)19-29(43(71)57-38(24(5)60)47(75)76)54-44(72)32-12-10-18-58(32)46(74)31(21-59)55-45(73)37(23(3)4)56-41(69)27(14-16-33(48)62)52-40(68)28(15-17-35(64)65)53-39(67)26(11-8-9-13-36(66)77-7)51-42(70)30(20-34(49)63)50-25(6)61/h9,13,22-24,26-32,37-38,59-60H,8,10-12,14-21H2,1-7H3,(H2,48,62)(H2,49,63)(H,50,61)(H,51,70)(H,52,68)(H,53,67)(H,54,72)(H,55,73)(H,56,69)(H,57,71)(H,64,65)(H,75,76)/b13-9+/t24?,26?,27?,28?,29?,30?,31?,32-,37?,38?/m0/s1. The first-order chi connectivity index (χ1) is 35.9.